The summed E-state index contributed by atoms with van der Waals surface area (Å²) in [6.45, 7) is 3.08. The number of hydrogen-bond donors (Lipinski definition) is 0. The quantitative estimate of drug-likeness (QED) is 0.512. The average Bonchev–Trinajstić information content (AvgIpc) is 2.79. The van der Waals surface area contributed by atoms with Gasteiger partial charge in [0.15, 0.2) is 0 Å². The molecular formula is C26H27FN2O2. The van der Waals surface area contributed by atoms with E-state index in [9.17, 15) is 14.0 Å². The first-order chi connectivity index (χ1) is 15.0. The van der Waals surface area contributed by atoms with Crippen LogP contribution in [0.3, 0.4) is 0 Å². The molecule has 0 radical (unpaired) electrons. The number of likely N-dealkylation sites (N-methyl/N-ethyl adjacent to an activating group) is 1. The van der Waals surface area contributed by atoms with Crippen molar-refractivity contribution >= 4 is 17.5 Å². The Morgan fingerprint density at radius 3 is 2.06 bits per heavy atom. The molecular weight excluding hydrogens is 391 g/mol. The van der Waals surface area contributed by atoms with E-state index in [0.29, 0.717) is 18.5 Å². The molecule has 0 saturated carbocycles. The molecule has 0 aliphatic carbocycles. The maximum absolute atomic E-state index is 13.3. The Balaban J connectivity index is 1.83. The lowest BCUT2D eigenvalue weighted by Gasteiger charge is -2.24. The van der Waals surface area contributed by atoms with Crippen molar-refractivity contribution in [1.29, 1.82) is 0 Å². The van der Waals surface area contributed by atoms with Gasteiger partial charge in [-0.25, -0.2) is 4.39 Å². The second-order valence-corrected chi connectivity index (χ2v) is 7.54. The predicted octanol–water partition coefficient (Wildman–Crippen LogP) is 5.08. The van der Waals surface area contributed by atoms with Gasteiger partial charge < -0.3 is 9.80 Å². The lowest BCUT2D eigenvalue weighted by Crippen LogP contribution is -2.30. The van der Waals surface area contributed by atoms with Crippen molar-refractivity contribution in [3.8, 4) is 0 Å². The first kappa shape index (κ1) is 22.2. The van der Waals surface area contributed by atoms with Crippen molar-refractivity contribution in [2.75, 3.05) is 18.5 Å². The number of nitrogens with zero attached hydrogens (tertiary/aromatic N) is 2. The maximum Gasteiger partial charge on any atom is 0.258 e. The molecule has 0 N–H and O–H groups in total. The van der Waals surface area contributed by atoms with Crippen LogP contribution in [0.5, 0.6) is 0 Å². The molecule has 0 saturated heterocycles. The van der Waals surface area contributed by atoms with E-state index in [-0.39, 0.29) is 17.6 Å². The molecule has 31 heavy (non-hydrogen) atoms. The second-order valence-electron chi connectivity index (χ2n) is 7.54. The third-order valence-electron chi connectivity index (χ3n) is 5.11. The van der Waals surface area contributed by atoms with Crippen LogP contribution in [0.4, 0.5) is 10.1 Å². The highest BCUT2D eigenvalue weighted by Crippen LogP contribution is 2.22. The zero-order valence-corrected chi connectivity index (χ0v) is 17.9. The molecule has 0 aromatic heterocycles. The van der Waals surface area contributed by atoms with Crippen LogP contribution < -0.4 is 4.90 Å². The Hall–Kier alpha value is -3.47. The molecule has 0 atom stereocenters. The van der Waals surface area contributed by atoms with Gasteiger partial charge in [-0.05, 0) is 53.9 Å². The molecule has 0 aliphatic rings. The SMILES string of the molecule is CCCN(C)C(=O)Cc1ccc(N(Cc2ccc(F)cc2)C(=O)c2ccccc2)cc1. The number of carbonyl (C=O) groups excluding carboxylic acids is 2. The van der Waals surface area contributed by atoms with E-state index in [1.54, 1.807) is 34.1 Å². The van der Waals surface area contributed by atoms with Crippen LogP contribution in [0.25, 0.3) is 0 Å². The van der Waals surface area contributed by atoms with Gasteiger partial charge >= 0.3 is 0 Å². The molecule has 0 fully saturated rings. The van der Waals surface area contributed by atoms with Crippen LogP contribution >= 0.6 is 0 Å². The summed E-state index contributed by atoms with van der Waals surface area (Å²) in [6, 6.07) is 22.7. The number of halogens is 1. The Kier molecular flexibility index (Phi) is 7.55. The fraction of sp³-hybridized carbons (Fsp3) is 0.231. The number of benzene rings is 3. The highest BCUT2D eigenvalue weighted by molar-refractivity contribution is 6.06. The largest absolute Gasteiger partial charge is 0.345 e. The van der Waals surface area contributed by atoms with Gasteiger partial charge in [-0.15, -0.1) is 0 Å². The molecule has 0 aliphatic heterocycles. The number of hydrogen-bond acceptors (Lipinski definition) is 2. The van der Waals surface area contributed by atoms with E-state index >= 15 is 0 Å². The van der Waals surface area contributed by atoms with Gasteiger partial charge in [-0.2, -0.15) is 0 Å². The normalized spacial score (nSPS) is 10.5. The van der Waals surface area contributed by atoms with Crippen LogP contribution in [-0.4, -0.2) is 30.3 Å². The predicted molar refractivity (Wildman–Crippen MR) is 121 cm³/mol. The minimum Gasteiger partial charge on any atom is -0.345 e. The minimum atomic E-state index is -0.313. The summed E-state index contributed by atoms with van der Waals surface area (Å²) in [5, 5.41) is 0. The summed E-state index contributed by atoms with van der Waals surface area (Å²) in [5.74, 6) is -0.388. The lowest BCUT2D eigenvalue weighted by atomic mass is 10.1. The molecule has 0 unspecified atom stereocenters. The molecule has 3 aromatic carbocycles. The smallest absolute Gasteiger partial charge is 0.258 e. The third kappa shape index (κ3) is 6.01. The molecule has 3 rings (SSSR count). The number of carbonyl (C=O) groups is 2. The molecule has 0 bridgehead atoms. The maximum atomic E-state index is 13.3. The van der Waals surface area contributed by atoms with Gasteiger partial charge in [0.25, 0.3) is 5.91 Å². The highest BCUT2D eigenvalue weighted by Gasteiger charge is 2.18. The average molecular weight is 419 g/mol. The van der Waals surface area contributed by atoms with Gasteiger partial charge in [0.2, 0.25) is 5.91 Å². The van der Waals surface area contributed by atoms with Gasteiger partial charge in [-0.1, -0.05) is 49.4 Å². The summed E-state index contributed by atoms with van der Waals surface area (Å²) in [5.41, 5.74) is 3.01. The molecule has 160 valence electrons. The van der Waals surface area contributed by atoms with Gasteiger partial charge in [0.05, 0.1) is 13.0 Å². The lowest BCUT2D eigenvalue weighted by molar-refractivity contribution is -0.129. The molecule has 0 spiro atoms. The molecule has 4 nitrogen and oxygen atoms in total. The Labute approximate surface area is 182 Å². The molecule has 0 heterocycles. The Bertz CT molecular complexity index is 1000. The van der Waals surface area contributed by atoms with Crippen molar-refractivity contribution in [3.05, 3.63) is 101 Å². The van der Waals surface area contributed by atoms with Crippen LogP contribution in [0, 0.1) is 5.82 Å². The Morgan fingerprint density at radius 1 is 0.839 bits per heavy atom. The molecule has 5 heteroatoms. The highest BCUT2D eigenvalue weighted by atomic mass is 19.1. The van der Waals surface area contributed by atoms with Crippen LogP contribution in [0.1, 0.15) is 34.8 Å². The summed E-state index contributed by atoms with van der Waals surface area (Å²) in [7, 11) is 1.81. The summed E-state index contributed by atoms with van der Waals surface area (Å²) < 4.78 is 13.3. The van der Waals surface area contributed by atoms with Crippen molar-refractivity contribution in [2.45, 2.75) is 26.3 Å². The second kappa shape index (κ2) is 10.5. The summed E-state index contributed by atoms with van der Waals surface area (Å²) in [6.07, 6.45) is 1.24. The van der Waals surface area contributed by atoms with Crippen molar-refractivity contribution < 1.29 is 14.0 Å². The molecule has 2 amide bonds. The van der Waals surface area contributed by atoms with Crippen LogP contribution in [0.15, 0.2) is 78.9 Å². The van der Waals surface area contributed by atoms with Crippen LogP contribution in [0.2, 0.25) is 0 Å². The van der Waals surface area contributed by atoms with Gasteiger partial charge in [-0.3, -0.25) is 9.59 Å². The van der Waals surface area contributed by atoms with Crippen molar-refractivity contribution in [1.82, 2.24) is 4.90 Å². The van der Waals surface area contributed by atoms with E-state index in [1.807, 2.05) is 56.4 Å². The van der Waals surface area contributed by atoms with Crippen LogP contribution in [-0.2, 0) is 17.8 Å². The zero-order valence-electron chi connectivity index (χ0n) is 17.9. The zero-order chi connectivity index (χ0) is 22.2. The van der Waals surface area contributed by atoms with E-state index in [0.717, 1.165) is 29.8 Å². The topological polar surface area (TPSA) is 40.6 Å². The van der Waals surface area contributed by atoms with E-state index in [2.05, 4.69) is 0 Å². The Morgan fingerprint density at radius 2 is 1.45 bits per heavy atom. The van der Waals surface area contributed by atoms with Gasteiger partial charge in [0.1, 0.15) is 5.82 Å². The molecule has 3 aromatic rings. The summed E-state index contributed by atoms with van der Waals surface area (Å²) in [4.78, 5) is 28.9. The standard InChI is InChI=1S/C26H27FN2O2/c1-3-17-28(2)25(30)18-20-11-15-24(16-12-20)29(19-21-9-13-23(27)14-10-21)26(31)22-7-5-4-6-8-22/h4-16H,3,17-19H2,1-2H3. The summed E-state index contributed by atoms with van der Waals surface area (Å²) >= 11 is 0. The van der Waals surface area contributed by atoms with E-state index in [1.165, 1.54) is 12.1 Å². The van der Waals surface area contributed by atoms with Gasteiger partial charge in [0, 0.05) is 24.8 Å². The number of amides is 2. The van der Waals surface area contributed by atoms with Crippen molar-refractivity contribution in [2.24, 2.45) is 0 Å². The van der Waals surface area contributed by atoms with E-state index < -0.39 is 0 Å². The third-order valence-corrected chi connectivity index (χ3v) is 5.11. The fourth-order valence-electron chi connectivity index (χ4n) is 3.35. The first-order valence-corrected chi connectivity index (χ1v) is 10.4. The minimum absolute atomic E-state index is 0.0677. The first-order valence-electron chi connectivity index (χ1n) is 10.4. The number of anilines is 1. The fourth-order valence-corrected chi connectivity index (χ4v) is 3.35. The monoisotopic (exact) mass is 418 g/mol. The van der Waals surface area contributed by atoms with Crippen molar-refractivity contribution in [3.63, 3.8) is 0 Å². The number of rotatable bonds is 8. The van der Waals surface area contributed by atoms with E-state index in [4.69, 9.17) is 0 Å².